The van der Waals surface area contributed by atoms with Crippen molar-refractivity contribution >= 4 is 17.9 Å². The average molecular weight is 301 g/mol. The van der Waals surface area contributed by atoms with Gasteiger partial charge in [-0.25, -0.2) is 0 Å². The molecule has 1 saturated heterocycles. The monoisotopic (exact) mass is 301 g/mol. The van der Waals surface area contributed by atoms with E-state index in [1.54, 1.807) is 0 Å². The lowest BCUT2D eigenvalue weighted by atomic mass is 10.1. The van der Waals surface area contributed by atoms with E-state index in [0.29, 0.717) is 0 Å². The van der Waals surface area contributed by atoms with Crippen LogP contribution in [0.15, 0.2) is 5.11 Å². The predicted octanol–water partition coefficient (Wildman–Crippen LogP) is 0.448. The standard InChI is InChI=1S/C11H15N3O7/c1-5(15)18-9-8(4-13-14-12)21-11(20-7(3)17)10(9)19-6(2)16/h8-11H,4H2,1-3H3/t8-,9-,10-,11?/m1/s1. The van der Waals surface area contributed by atoms with Crippen LogP contribution >= 0.6 is 0 Å². The number of hydrogen-bond donors (Lipinski definition) is 0. The van der Waals surface area contributed by atoms with Crippen molar-refractivity contribution in [3.8, 4) is 0 Å². The number of esters is 3. The molecule has 0 amide bonds. The maximum Gasteiger partial charge on any atom is 0.305 e. The second kappa shape index (κ2) is 7.46. The van der Waals surface area contributed by atoms with Crippen molar-refractivity contribution in [1.82, 2.24) is 0 Å². The second-order valence-electron chi connectivity index (χ2n) is 4.21. The lowest BCUT2D eigenvalue weighted by Gasteiger charge is -2.22. The fraction of sp³-hybridized carbons (Fsp3) is 0.727. The number of ether oxygens (including phenoxy) is 4. The van der Waals surface area contributed by atoms with E-state index in [4.69, 9.17) is 24.5 Å². The minimum absolute atomic E-state index is 0.177. The van der Waals surface area contributed by atoms with Gasteiger partial charge in [-0.15, -0.1) is 0 Å². The van der Waals surface area contributed by atoms with Gasteiger partial charge < -0.3 is 18.9 Å². The lowest BCUT2D eigenvalue weighted by Crippen LogP contribution is -2.41. The molecule has 1 unspecified atom stereocenters. The quantitative estimate of drug-likeness (QED) is 0.236. The molecule has 10 nitrogen and oxygen atoms in total. The van der Waals surface area contributed by atoms with Gasteiger partial charge in [0.05, 0.1) is 6.54 Å². The Bertz CT molecular complexity index is 446. The van der Waals surface area contributed by atoms with Crippen molar-refractivity contribution < 1.29 is 33.3 Å². The fourth-order valence-corrected chi connectivity index (χ4v) is 1.86. The Morgan fingerprint density at radius 1 is 1.05 bits per heavy atom. The molecule has 0 aromatic carbocycles. The Kier molecular flexibility index (Phi) is 5.94. The molecule has 0 radical (unpaired) electrons. The van der Waals surface area contributed by atoms with Gasteiger partial charge in [0.1, 0.15) is 6.10 Å². The molecule has 1 heterocycles. The van der Waals surface area contributed by atoms with Gasteiger partial charge in [0, 0.05) is 25.7 Å². The summed E-state index contributed by atoms with van der Waals surface area (Å²) in [6.07, 6.45) is -4.30. The molecule has 0 spiro atoms. The van der Waals surface area contributed by atoms with E-state index in [9.17, 15) is 14.4 Å². The van der Waals surface area contributed by atoms with Crippen LogP contribution in [0.25, 0.3) is 10.4 Å². The third-order valence-electron chi connectivity index (χ3n) is 2.48. The first-order chi connectivity index (χ1) is 9.85. The number of carbonyl (C=O) groups is 3. The first kappa shape index (κ1) is 16.7. The summed E-state index contributed by atoms with van der Waals surface area (Å²) in [7, 11) is 0. The molecule has 4 atom stereocenters. The molecule has 1 aliphatic heterocycles. The summed E-state index contributed by atoms with van der Waals surface area (Å²) in [6, 6.07) is 0. The molecule has 0 saturated carbocycles. The van der Waals surface area contributed by atoms with Crippen molar-refractivity contribution in [3.63, 3.8) is 0 Å². The van der Waals surface area contributed by atoms with Crippen molar-refractivity contribution in [3.05, 3.63) is 10.4 Å². The van der Waals surface area contributed by atoms with Crippen LogP contribution in [0.3, 0.4) is 0 Å². The molecule has 1 fully saturated rings. The molecule has 10 heteroatoms. The Labute approximate surface area is 119 Å². The van der Waals surface area contributed by atoms with Crippen molar-refractivity contribution in [2.45, 2.75) is 45.4 Å². The first-order valence-corrected chi connectivity index (χ1v) is 6.03. The van der Waals surface area contributed by atoms with Gasteiger partial charge in [0.15, 0.2) is 6.10 Å². The highest BCUT2D eigenvalue weighted by molar-refractivity contribution is 5.68. The highest BCUT2D eigenvalue weighted by atomic mass is 16.7. The summed E-state index contributed by atoms with van der Waals surface area (Å²) in [5, 5.41) is 3.32. The zero-order valence-corrected chi connectivity index (χ0v) is 11.7. The van der Waals surface area contributed by atoms with Gasteiger partial charge in [-0.1, -0.05) is 5.11 Å². The molecule has 0 N–H and O–H groups in total. The number of azide groups is 1. The Morgan fingerprint density at radius 3 is 2.05 bits per heavy atom. The van der Waals surface area contributed by atoms with Crippen LogP contribution in [-0.2, 0) is 33.3 Å². The van der Waals surface area contributed by atoms with Crippen LogP contribution in [0.5, 0.6) is 0 Å². The predicted molar refractivity (Wildman–Crippen MR) is 65.5 cm³/mol. The molecular weight excluding hydrogens is 286 g/mol. The van der Waals surface area contributed by atoms with E-state index in [1.807, 2.05) is 0 Å². The zero-order chi connectivity index (χ0) is 16.0. The number of carbonyl (C=O) groups excluding carboxylic acids is 3. The van der Waals surface area contributed by atoms with E-state index in [2.05, 4.69) is 10.0 Å². The van der Waals surface area contributed by atoms with E-state index in [1.165, 1.54) is 0 Å². The SMILES string of the molecule is CC(=O)OC1O[C@H](CN=[N+]=[N-])[C@@H](OC(C)=O)[C@H]1OC(C)=O. The zero-order valence-electron chi connectivity index (χ0n) is 11.7. The summed E-state index contributed by atoms with van der Waals surface area (Å²) in [5.74, 6) is -1.97. The Morgan fingerprint density at radius 2 is 1.57 bits per heavy atom. The summed E-state index contributed by atoms with van der Waals surface area (Å²) < 4.78 is 20.2. The van der Waals surface area contributed by atoms with Crippen molar-refractivity contribution in [2.24, 2.45) is 5.11 Å². The average Bonchev–Trinajstić information content (AvgIpc) is 2.63. The number of rotatable bonds is 5. The summed E-state index contributed by atoms with van der Waals surface area (Å²) in [6.45, 7) is 3.28. The van der Waals surface area contributed by atoms with Gasteiger partial charge >= 0.3 is 17.9 Å². The van der Waals surface area contributed by atoms with Crippen molar-refractivity contribution in [1.29, 1.82) is 0 Å². The molecule has 1 aliphatic rings. The topological polar surface area (TPSA) is 137 Å². The maximum absolute atomic E-state index is 11.1. The number of hydrogen-bond acceptors (Lipinski definition) is 8. The van der Waals surface area contributed by atoms with Gasteiger partial charge in [-0.05, 0) is 5.53 Å². The molecule has 1 rings (SSSR count). The Hall–Kier alpha value is -2.32. The largest absolute Gasteiger partial charge is 0.456 e. The van der Waals surface area contributed by atoms with Crippen LogP contribution in [0.2, 0.25) is 0 Å². The summed E-state index contributed by atoms with van der Waals surface area (Å²) >= 11 is 0. The molecular formula is C11H15N3O7. The van der Waals surface area contributed by atoms with E-state index in [-0.39, 0.29) is 6.54 Å². The van der Waals surface area contributed by atoms with Crippen LogP contribution in [0.4, 0.5) is 0 Å². The first-order valence-electron chi connectivity index (χ1n) is 6.03. The third kappa shape index (κ3) is 4.93. The fourth-order valence-electron chi connectivity index (χ4n) is 1.86. The second-order valence-corrected chi connectivity index (χ2v) is 4.21. The van der Waals surface area contributed by atoms with E-state index in [0.717, 1.165) is 20.8 Å². The smallest absolute Gasteiger partial charge is 0.305 e. The van der Waals surface area contributed by atoms with Crippen LogP contribution in [0.1, 0.15) is 20.8 Å². The summed E-state index contributed by atoms with van der Waals surface area (Å²) in [5.41, 5.74) is 8.34. The molecule has 0 bridgehead atoms. The highest BCUT2D eigenvalue weighted by Crippen LogP contribution is 2.28. The molecule has 0 aromatic rings. The van der Waals surface area contributed by atoms with Crippen LogP contribution in [-0.4, -0.2) is 49.1 Å². The van der Waals surface area contributed by atoms with Gasteiger partial charge in [-0.3, -0.25) is 14.4 Å². The minimum Gasteiger partial charge on any atom is -0.456 e. The highest BCUT2D eigenvalue weighted by Gasteiger charge is 2.50. The van der Waals surface area contributed by atoms with Gasteiger partial charge in [0.25, 0.3) is 0 Å². The molecule has 0 aliphatic carbocycles. The minimum atomic E-state index is -1.24. The van der Waals surface area contributed by atoms with E-state index < -0.39 is 42.5 Å². The number of nitrogens with zero attached hydrogens (tertiary/aromatic N) is 3. The molecule has 21 heavy (non-hydrogen) atoms. The maximum atomic E-state index is 11.1. The normalized spacial score (nSPS) is 27.4. The van der Waals surface area contributed by atoms with Crippen molar-refractivity contribution in [2.75, 3.05) is 6.54 Å². The molecule has 0 aromatic heterocycles. The van der Waals surface area contributed by atoms with E-state index >= 15 is 0 Å². The molecule has 116 valence electrons. The summed E-state index contributed by atoms with van der Waals surface area (Å²) in [4.78, 5) is 35.9. The van der Waals surface area contributed by atoms with Gasteiger partial charge in [0.2, 0.25) is 12.4 Å². The third-order valence-corrected chi connectivity index (χ3v) is 2.48. The van der Waals surface area contributed by atoms with Crippen LogP contribution in [0, 0.1) is 0 Å². The van der Waals surface area contributed by atoms with Gasteiger partial charge in [-0.2, -0.15) is 0 Å². The van der Waals surface area contributed by atoms with Crippen LogP contribution < -0.4 is 0 Å². The Balaban J connectivity index is 2.98. The lowest BCUT2D eigenvalue weighted by molar-refractivity contribution is -0.195.